The fourth-order valence-electron chi connectivity index (χ4n) is 3.25. The third-order valence-corrected chi connectivity index (χ3v) is 4.76. The second kappa shape index (κ2) is 7.80. The summed E-state index contributed by atoms with van der Waals surface area (Å²) in [4.78, 5) is 8.85. The maximum atomic E-state index is 6.12. The molecule has 1 saturated heterocycles. The maximum Gasteiger partial charge on any atom is 0.162 e. The average molecular weight is 365 g/mol. The molecule has 4 rings (SSSR count). The first kappa shape index (κ1) is 17.5. The lowest BCUT2D eigenvalue weighted by Crippen LogP contribution is -2.16. The minimum Gasteiger partial charge on any atom is -0.493 e. The second-order valence-corrected chi connectivity index (χ2v) is 6.62. The van der Waals surface area contributed by atoms with E-state index >= 15 is 0 Å². The highest BCUT2D eigenvalue weighted by atomic mass is 16.6. The average Bonchev–Trinajstić information content (AvgIpc) is 3.21. The Balaban J connectivity index is 1.68. The standard InChI is InChI=1S/C21H23N3O3/c1-14(15-6-4-3-5-7-15)24-21-17-10-20(27-16-8-9-26-12-16)19(25-2)11-18(17)22-13-23-21/h3-7,10-11,13-14,16H,8-9,12H2,1-2H3,(H,22,23,24)/t14-,16?/m1/s1. The number of hydrogen-bond donors (Lipinski definition) is 1. The first-order chi connectivity index (χ1) is 13.2. The van der Waals surface area contributed by atoms with Gasteiger partial charge in [0, 0.05) is 23.9 Å². The molecule has 2 aromatic carbocycles. The summed E-state index contributed by atoms with van der Waals surface area (Å²) in [5, 5.41) is 4.39. The molecule has 1 aromatic heterocycles. The van der Waals surface area contributed by atoms with Crippen LogP contribution < -0.4 is 14.8 Å². The molecule has 0 spiro atoms. The molecule has 140 valence electrons. The molecule has 0 saturated carbocycles. The molecule has 3 aromatic rings. The van der Waals surface area contributed by atoms with Gasteiger partial charge in [0.2, 0.25) is 0 Å². The summed E-state index contributed by atoms with van der Waals surface area (Å²) < 4.78 is 17.0. The Kier molecular flexibility index (Phi) is 5.07. The van der Waals surface area contributed by atoms with E-state index in [2.05, 4.69) is 34.3 Å². The number of nitrogens with one attached hydrogen (secondary N) is 1. The molecule has 0 amide bonds. The zero-order chi connectivity index (χ0) is 18.6. The molecule has 1 fully saturated rings. The van der Waals surface area contributed by atoms with Gasteiger partial charge in [-0.1, -0.05) is 30.3 Å². The van der Waals surface area contributed by atoms with Crippen LogP contribution in [0.5, 0.6) is 11.5 Å². The Bertz CT molecular complexity index is 911. The minimum atomic E-state index is 0.0423. The van der Waals surface area contributed by atoms with Crippen molar-refractivity contribution < 1.29 is 14.2 Å². The van der Waals surface area contributed by atoms with Crippen LogP contribution in [0.15, 0.2) is 48.8 Å². The molecule has 1 N–H and O–H groups in total. The highest BCUT2D eigenvalue weighted by Crippen LogP contribution is 2.36. The van der Waals surface area contributed by atoms with Gasteiger partial charge in [0.15, 0.2) is 11.5 Å². The van der Waals surface area contributed by atoms with Crippen molar-refractivity contribution in [2.24, 2.45) is 0 Å². The number of anilines is 1. The second-order valence-electron chi connectivity index (χ2n) is 6.62. The first-order valence-corrected chi connectivity index (χ1v) is 9.13. The fraction of sp³-hybridized carbons (Fsp3) is 0.333. The minimum absolute atomic E-state index is 0.0423. The highest BCUT2D eigenvalue weighted by Gasteiger charge is 2.20. The van der Waals surface area contributed by atoms with Crippen molar-refractivity contribution in [2.75, 3.05) is 25.6 Å². The molecule has 2 heterocycles. The van der Waals surface area contributed by atoms with Crippen molar-refractivity contribution in [3.8, 4) is 11.5 Å². The third kappa shape index (κ3) is 3.80. The number of ether oxygens (including phenoxy) is 3. The predicted octanol–water partition coefficient (Wildman–Crippen LogP) is 3.98. The van der Waals surface area contributed by atoms with Crippen molar-refractivity contribution in [1.29, 1.82) is 0 Å². The number of hydrogen-bond acceptors (Lipinski definition) is 6. The van der Waals surface area contributed by atoms with E-state index in [-0.39, 0.29) is 12.1 Å². The molecule has 6 heteroatoms. The lowest BCUT2D eigenvalue weighted by atomic mass is 10.1. The van der Waals surface area contributed by atoms with Crippen molar-refractivity contribution in [2.45, 2.75) is 25.5 Å². The molecule has 0 bridgehead atoms. The molecule has 2 atom stereocenters. The van der Waals surface area contributed by atoms with Crippen LogP contribution in [-0.4, -0.2) is 36.4 Å². The van der Waals surface area contributed by atoms with E-state index in [0.29, 0.717) is 18.1 Å². The fourth-order valence-corrected chi connectivity index (χ4v) is 3.25. The van der Waals surface area contributed by atoms with E-state index in [1.165, 1.54) is 5.56 Å². The van der Waals surface area contributed by atoms with Gasteiger partial charge < -0.3 is 19.5 Å². The molecular weight excluding hydrogens is 342 g/mol. The van der Waals surface area contributed by atoms with Gasteiger partial charge in [-0.2, -0.15) is 0 Å². The summed E-state index contributed by atoms with van der Waals surface area (Å²) in [6, 6.07) is 14.2. The van der Waals surface area contributed by atoms with Crippen molar-refractivity contribution in [3.63, 3.8) is 0 Å². The summed E-state index contributed by atoms with van der Waals surface area (Å²) >= 11 is 0. The normalized spacial score (nSPS) is 17.6. The van der Waals surface area contributed by atoms with Crippen LogP contribution in [-0.2, 0) is 4.74 Å². The Morgan fingerprint density at radius 3 is 2.74 bits per heavy atom. The Morgan fingerprint density at radius 2 is 2.00 bits per heavy atom. The largest absolute Gasteiger partial charge is 0.493 e. The van der Waals surface area contributed by atoms with Gasteiger partial charge in [-0.05, 0) is 18.6 Å². The first-order valence-electron chi connectivity index (χ1n) is 9.13. The SMILES string of the molecule is COc1cc2ncnc(N[C@H](C)c3ccccc3)c2cc1OC1CCOC1. The van der Waals surface area contributed by atoms with Crippen LogP contribution in [0, 0.1) is 0 Å². The zero-order valence-electron chi connectivity index (χ0n) is 15.5. The quantitative estimate of drug-likeness (QED) is 0.713. The molecule has 1 aliphatic heterocycles. The van der Waals surface area contributed by atoms with Crippen molar-refractivity contribution in [1.82, 2.24) is 9.97 Å². The van der Waals surface area contributed by atoms with Crippen molar-refractivity contribution in [3.05, 3.63) is 54.4 Å². The number of aromatic nitrogens is 2. The molecule has 27 heavy (non-hydrogen) atoms. The lowest BCUT2D eigenvalue weighted by molar-refractivity contribution is 0.139. The number of methoxy groups -OCH3 is 1. The Labute approximate surface area is 158 Å². The van der Waals surface area contributed by atoms with Gasteiger partial charge >= 0.3 is 0 Å². The highest BCUT2D eigenvalue weighted by molar-refractivity contribution is 5.91. The van der Waals surface area contributed by atoms with E-state index in [1.807, 2.05) is 30.3 Å². The van der Waals surface area contributed by atoms with Gasteiger partial charge in [0.05, 0.1) is 25.8 Å². The zero-order valence-corrected chi connectivity index (χ0v) is 15.5. The maximum absolute atomic E-state index is 6.12. The van der Waals surface area contributed by atoms with Crippen LogP contribution in [0.2, 0.25) is 0 Å². The van der Waals surface area contributed by atoms with Crippen LogP contribution in [0.4, 0.5) is 5.82 Å². The van der Waals surface area contributed by atoms with Gasteiger partial charge in [-0.15, -0.1) is 0 Å². The van der Waals surface area contributed by atoms with E-state index in [9.17, 15) is 0 Å². The number of benzene rings is 2. The van der Waals surface area contributed by atoms with E-state index in [4.69, 9.17) is 14.2 Å². The molecule has 1 unspecified atom stereocenters. The van der Waals surface area contributed by atoms with Crippen LogP contribution >= 0.6 is 0 Å². The lowest BCUT2D eigenvalue weighted by Gasteiger charge is -2.18. The van der Waals surface area contributed by atoms with Crippen LogP contribution in [0.25, 0.3) is 10.9 Å². The van der Waals surface area contributed by atoms with Crippen LogP contribution in [0.1, 0.15) is 24.9 Å². The summed E-state index contributed by atoms with van der Waals surface area (Å²) in [7, 11) is 1.64. The summed E-state index contributed by atoms with van der Waals surface area (Å²) in [6.07, 6.45) is 2.48. The van der Waals surface area contributed by atoms with Gasteiger partial charge in [0.25, 0.3) is 0 Å². The summed E-state index contributed by atoms with van der Waals surface area (Å²) in [5.74, 6) is 2.12. The topological polar surface area (TPSA) is 65.5 Å². The Morgan fingerprint density at radius 1 is 1.15 bits per heavy atom. The van der Waals surface area contributed by atoms with Crippen molar-refractivity contribution >= 4 is 16.7 Å². The van der Waals surface area contributed by atoms with E-state index in [0.717, 1.165) is 29.7 Å². The van der Waals surface area contributed by atoms with Gasteiger partial charge in [0.1, 0.15) is 18.2 Å². The molecular formula is C21H23N3O3. The molecule has 1 aliphatic rings. The predicted molar refractivity (Wildman–Crippen MR) is 104 cm³/mol. The monoisotopic (exact) mass is 365 g/mol. The van der Waals surface area contributed by atoms with E-state index < -0.39 is 0 Å². The molecule has 6 nitrogen and oxygen atoms in total. The molecule has 0 radical (unpaired) electrons. The number of rotatable bonds is 6. The van der Waals surface area contributed by atoms with Crippen LogP contribution in [0.3, 0.4) is 0 Å². The number of fused-ring (bicyclic) bond motifs is 1. The summed E-state index contributed by atoms with van der Waals surface area (Å²) in [5.41, 5.74) is 2.00. The number of nitrogens with zero attached hydrogens (tertiary/aromatic N) is 2. The van der Waals surface area contributed by atoms with E-state index in [1.54, 1.807) is 13.4 Å². The van der Waals surface area contributed by atoms with Gasteiger partial charge in [-0.3, -0.25) is 0 Å². The smallest absolute Gasteiger partial charge is 0.162 e. The summed E-state index contributed by atoms with van der Waals surface area (Å²) in [6.45, 7) is 3.44. The van der Waals surface area contributed by atoms with Gasteiger partial charge in [-0.25, -0.2) is 9.97 Å². The molecule has 0 aliphatic carbocycles. The Hall–Kier alpha value is -2.86. The third-order valence-electron chi connectivity index (χ3n) is 4.76.